The Balaban J connectivity index is 2.95. The highest BCUT2D eigenvalue weighted by Crippen LogP contribution is 2.15. The van der Waals surface area contributed by atoms with Crippen molar-refractivity contribution >= 4 is 11.5 Å². The summed E-state index contributed by atoms with van der Waals surface area (Å²) in [7, 11) is 1.31. The van der Waals surface area contributed by atoms with Crippen LogP contribution in [0.4, 0.5) is 0 Å². The molecule has 0 heterocycles. The lowest BCUT2D eigenvalue weighted by Crippen LogP contribution is -2.02. The molecule has 74 valence electrons. The Morgan fingerprint density at radius 3 is 2.86 bits per heavy atom. The van der Waals surface area contributed by atoms with Crippen LogP contribution in [-0.2, 0) is 16.1 Å². The summed E-state index contributed by atoms with van der Waals surface area (Å²) in [5, 5.41) is 8.89. The maximum Gasteiger partial charge on any atom is 0.337 e. The quantitative estimate of drug-likeness (QED) is 0.581. The van der Waals surface area contributed by atoms with Crippen LogP contribution in [0, 0.1) is 0 Å². The number of methoxy groups -OCH3 is 1. The molecule has 0 saturated carbocycles. The number of esters is 1. The standard InChI is InChI=1S/C11H12O3/c1-8(11(13)14-2)10-5-3-4-9(6-10)7-12/h3-6,12H,1,7H2,2H3. The molecule has 1 aromatic rings. The smallest absolute Gasteiger partial charge is 0.337 e. The average molecular weight is 192 g/mol. The highest BCUT2D eigenvalue weighted by atomic mass is 16.5. The third kappa shape index (κ3) is 2.20. The molecule has 0 unspecified atom stereocenters. The fourth-order valence-corrected chi connectivity index (χ4v) is 1.10. The van der Waals surface area contributed by atoms with E-state index in [2.05, 4.69) is 11.3 Å². The Morgan fingerprint density at radius 2 is 2.29 bits per heavy atom. The zero-order valence-electron chi connectivity index (χ0n) is 7.99. The van der Waals surface area contributed by atoms with Crippen LogP contribution in [0.15, 0.2) is 30.8 Å². The van der Waals surface area contributed by atoms with Gasteiger partial charge in [0.05, 0.1) is 19.3 Å². The van der Waals surface area contributed by atoms with Gasteiger partial charge in [0.15, 0.2) is 0 Å². The van der Waals surface area contributed by atoms with E-state index in [1.54, 1.807) is 24.3 Å². The fourth-order valence-electron chi connectivity index (χ4n) is 1.10. The third-order valence-electron chi connectivity index (χ3n) is 1.89. The van der Waals surface area contributed by atoms with Crippen molar-refractivity contribution in [2.24, 2.45) is 0 Å². The second-order valence-corrected chi connectivity index (χ2v) is 2.83. The monoisotopic (exact) mass is 192 g/mol. The number of rotatable bonds is 3. The van der Waals surface area contributed by atoms with Gasteiger partial charge in [-0.15, -0.1) is 0 Å². The Labute approximate surface area is 82.6 Å². The van der Waals surface area contributed by atoms with Crippen LogP contribution in [0.5, 0.6) is 0 Å². The predicted octanol–water partition coefficient (Wildman–Crippen LogP) is 1.37. The Kier molecular flexibility index (Phi) is 3.42. The number of aliphatic hydroxyl groups is 1. The van der Waals surface area contributed by atoms with Gasteiger partial charge in [-0.1, -0.05) is 24.8 Å². The molecule has 1 N–H and O–H groups in total. The summed E-state index contributed by atoms with van der Waals surface area (Å²) in [6.45, 7) is 3.56. The van der Waals surface area contributed by atoms with Gasteiger partial charge in [0.1, 0.15) is 0 Å². The molecule has 0 aliphatic rings. The first kappa shape index (κ1) is 10.5. The summed E-state index contributed by atoms with van der Waals surface area (Å²) in [6, 6.07) is 6.99. The summed E-state index contributed by atoms with van der Waals surface area (Å²) in [6.07, 6.45) is 0. The zero-order valence-corrected chi connectivity index (χ0v) is 7.99. The van der Waals surface area contributed by atoms with Crippen LogP contribution in [-0.4, -0.2) is 18.2 Å². The van der Waals surface area contributed by atoms with E-state index in [9.17, 15) is 4.79 Å². The lowest BCUT2D eigenvalue weighted by Gasteiger charge is -2.04. The predicted molar refractivity (Wildman–Crippen MR) is 53.4 cm³/mol. The summed E-state index contributed by atoms with van der Waals surface area (Å²) in [5.41, 5.74) is 1.71. The van der Waals surface area contributed by atoms with Crippen molar-refractivity contribution in [2.45, 2.75) is 6.61 Å². The first-order valence-electron chi connectivity index (χ1n) is 4.16. The molecule has 1 rings (SSSR count). The fraction of sp³-hybridized carbons (Fsp3) is 0.182. The second-order valence-electron chi connectivity index (χ2n) is 2.83. The van der Waals surface area contributed by atoms with Crippen LogP contribution in [0.2, 0.25) is 0 Å². The Morgan fingerprint density at radius 1 is 1.57 bits per heavy atom. The van der Waals surface area contributed by atoms with E-state index < -0.39 is 5.97 Å². The topological polar surface area (TPSA) is 46.5 Å². The second kappa shape index (κ2) is 4.58. The lowest BCUT2D eigenvalue weighted by atomic mass is 10.1. The van der Waals surface area contributed by atoms with Gasteiger partial charge in [0.25, 0.3) is 0 Å². The minimum atomic E-state index is -0.458. The Hall–Kier alpha value is -1.61. The van der Waals surface area contributed by atoms with Crippen molar-refractivity contribution in [1.82, 2.24) is 0 Å². The molecule has 3 nitrogen and oxygen atoms in total. The summed E-state index contributed by atoms with van der Waals surface area (Å²) in [5.74, 6) is -0.458. The van der Waals surface area contributed by atoms with E-state index >= 15 is 0 Å². The number of aliphatic hydroxyl groups excluding tert-OH is 1. The highest BCUT2D eigenvalue weighted by molar-refractivity contribution is 6.15. The van der Waals surface area contributed by atoms with Crippen molar-refractivity contribution in [3.63, 3.8) is 0 Å². The van der Waals surface area contributed by atoms with Gasteiger partial charge in [-0.3, -0.25) is 0 Å². The van der Waals surface area contributed by atoms with E-state index in [1.165, 1.54) is 7.11 Å². The summed E-state index contributed by atoms with van der Waals surface area (Å²) < 4.78 is 4.54. The maximum atomic E-state index is 11.1. The number of ether oxygens (including phenoxy) is 1. The van der Waals surface area contributed by atoms with Crippen LogP contribution in [0.1, 0.15) is 11.1 Å². The van der Waals surface area contributed by atoms with Gasteiger partial charge < -0.3 is 9.84 Å². The molecule has 0 saturated heterocycles. The molecule has 0 fully saturated rings. The first-order chi connectivity index (χ1) is 6.69. The van der Waals surface area contributed by atoms with Crippen molar-refractivity contribution in [3.8, 4) is 0 Å². The molecule has 3 heteroatoms. The number of hydrogen-bond donors (Lipinski definition) is 1. The molecule has 0 aromatic heterocycles. The molecular formula is C11H12O3. The third-order valence-corrected chi connectivity index (χ3v) is 1.89. The van der Waals surface area contributed by atoms with Crippen molar-refractivity contribution in [3.05, 3.63) is 42.0 Å². The normalized spacial score (nSPS) is 9.57. The molecule has 0 bridgehead atoms. The van der Waals surface area contributed by atoms with Crippen molar-refractivity contribution in [1.29, 1.82) is 0 Å². The van der Waals surface area contributed by atoms with Crippen LogP contribution in [0.3, 0.4) is 0 Å². The summed E-state index contributed by atoms with van der Waals surface area (Å²) >= 11 is 0. The molecule has 0 amide bonds. The van der Waals surface area contributed by atoms with Crippen LogP contribution >= 0.6 is 0 Å². The number of hydrogen-bond acceptors (Lipinski definition) is 3. The SMILES string of the molecule is C=C(C(=O)OC)c1cccc(CO)c1. The van der Waals surface area contributed by atoms with Gasteiger partial charge >= 0.3 is 5.97 Å². The van der Waals surface area contributed by atoms with Crippen molar-refractivity contribution < 1.29 is 14.6 Å². The maximum absolute atomic E-state index is 11.1. The minimum Gasteiger partial charge on any atom is -0.465 e. The molecule has 0 spiro atoms. The van der Waals surface area contributed by atoms with E-state index in [0.717, 1.165) is 5.56 Å². The van der Waals surface area contributed by atoms with Crippen molar-refractivity contribution in [2.75, 3.05) is 7.11 Å². The van der Waals surface area contributed by atoms with Gasteiger partial charge in [-0.2, -0.15) is 0 Å². The molecule has 0 radical (unpaired) electrons. The van der Waals surface area contributed by atoms with E-state index in [0.29, 0.717) is 11.1 Å². The summed E-state index contributed by atoms with van der Waals surface area (Å²) in [4.78, 5) is 11.1. The average Bonchev–Trinajstić information content (AvgIpc) is 2.27. The largest absolute Gasteiger partial charge is 0.465 e. The first-order valence-corrected chi connectivity index (χ1v) is 4.16. The van der Waals surface area contributed by atoms with E-state index in [4.69, 9.17) is 5.11 Å². The zero-order chi connectivity index (χ0) is 10.6. The molecular weight excluding hydrogens is 180 g/mol. The van der Waals surface area contributed by atoms with Gasteiger partial charge in [-0.25, -0.2) is 4.79 Å². The van der Waals surface area contributed by atoms with E-state index in [1.807, 2.05) is 0 Å². The molecule has 1 aromatic carbocycles. The van der Waals surface area contributed by atoms with Gasteiger partial charge in [0, 0.05) is 0 Å². The van der Waals surface area contributed by atoms with Gasteiger partial charge in [0.2, 0.25) is 0 Å². The van der Waals surface area contributed by atoms with Gasteiger partial charge in [-0.05, 0) is 17.2 Å². The molecule has 0 aliphatic carbocycles. The number of benzene rings is 1. The Bertz CT molecular complexity index is 355. The molecule has 0 aliphatic heterocycles. The van der Waals surface area contributed by atoms with Crippen LogP contribution in [0.25, 0.3) is 5.57 Å². The number of carbonyl (C=O) groups is 1. The molecule has 14 heavy (non-hydrogen) atoms. The molecule has 0 atom stereocenters. The van der Waals surface area contributed by atoms with E-state index in [-0.39, 0.29) is 6.61 Å². The van der Waals surface area contributed by atoms with Crippen LogP contribution < -0.4 is 0 Å². The highest BCUT2D eigenvalue weighted by Gasteiger charge is 2.08. The minimum absolute atomic E-state index is 0.0533. The lowest BCUT2D eigenvalue weighted by molar-refractivity contribution is -0.133. The number of carbonyl (C=O) groups excluding carboxylic acids is 1.